The molecule has 3 nitrogen and oxygen atoms in total. The highest BCUT2D eigenvalue weighted by molar-refractivity contribution is 9.10. The van der Waals surface area contributed by atoms with E-state index in [9.17, 15) is 0 Å². The van der Waals surface area contributed by atoms with Crippen LogP contribution in [0.3, 0.4) is 0 Å². The number of rotatable bonds is 2. The summed E-state index contributed by atoms with van der Waals surface area (Å²) >= 11 is 3.50. The highest BCUT2D eigenvalue weighted by Crippen LogP contribution is 2.37. The molecule has 0 bridgehead atoms. The lowest BCUT2D eigenvalue weighted by molar-refractivity contribution is 0.415. The molecule has 0 aliphatic carbocycles. The van der Waals surface area contributed by atoms with E-state index in [0.717, 1.165) is 21.6 Å². The van der Waals surface area contributed by atoms with Gasteiger partial charge in [0.2, 0.25) is 0 Å². The Morgan fingerprint density at radius 3 is 2.42 bits per heavy atom. The van der Waals surface area contributed by atoms with Crippen LogP contribution in [0.5, 0.6) is 5.75 Å². The van der Waals surface area contributed by atoms with Gasteiger partial charge in [0.05, 0.1) is 19.1 Å². The van der Waals surface area contributed by atoms with Gasteiger partial charge < -0.3 is 9.30 Å². The van der Waals surface area contributed by atoms with E-state index >= 15 is 0 Å². The zero-order valence-corrected chi connectivity index (χ0v) is 13.6. The van der Waals surface area contributed by atoms with Crippen LogP contribution in [0.1, 0.15) is 26.3 Å². The fourth-order valence-electron chi connectivity index (χ4n) is 2.06. The number of imidazole rings is 1. The minimum Gasteiger partial charge on any atom is -0.496 e. The first-order valence-corrected chi connectivity index (χ1v) is 6.99. The van der Waals surface area contributed by atoms with E-state index in [4.69, 9.17) is 4.74 Å². The normalized spacial score (nSPS) is 11.7. The number of aromatic nitrogens is 2. The number of ether oxygens (including phenoxy) is 1. The Morgan fingerprint density at radius 2 is 1.95 bits per heavy atom. The lowest BCUT2D eigenvalue weighted by Crippen LogP contribution is -2.11. The van der Waals surface area contributed by atoms with Gasteiger partial charge in [-0.3, -0.25) is 0 Å². The highest BCUT2D eigenvalue weighted by atomic mass is 79.9. The van der Waals surface area contributed by atoms with Crippen LogP contribution in [0.4, 0.5) is 0 Å². The van der Waals surface area contributed by atoms with Crippen molar-refractivity contribution in [3.8, 4) is 17.0 Å². The molecule has 0 atom stereocenters. The molecule has 1 heterocycles. The van der Waals surface area contributed by atoms with Crippen LogP contribution in [-0.4, -0.2) is 16.7 Å². The molecule has 0 N–H and O–H groups in total. The summed E-state index contributed by atoms with van der Waals surface area (Å²) in [7, 11) is 3.68. The second-order valence-corrected chi connectivity index (χ2v) is 6.41. The number of benzene rings is 1. The molecule has 0 aliphatic rings. The van der Waals surface area contributed by atoms with Gasteiger partial charge in [-0.15, -0.1) is 0 Å². The molecule has 0 fully saturated rings. The zero-order chi connectivity index (χ0) is 14.2. The monoisotopic (exact) mass is 322 g/mol. The molecular weight excluding hydrogens is 304 g/mol. The summed E-state index contributed by atoms with van der Waals surface area (Å²) < 4.78 is 8.31. The van der Waals surface area contributed by atoms with Crippen molar-refractivity contribution in [2.45, 2.75) is 26.2 Å². The third kappa shape index (κ3) is 2.68. The molecule has 4 heteroatoms. The van der Waals surface area contributed by atoms with Gasteiger partial charge in [0.25, 0.3) is 0 Å². The zero-order valence-electron chi connectivity index (χ0n) is 12.0. The second kappa shape index (κ2) is 5.00. The number of methoxy groups -OCH3 is 1. The van der Waals surface area contributed by atoms with Crippen molar-refractivity contribution in [2.75, 3.05) is 7.11 Å². The van der Waals surface area contributed by atoms with Crippen LogP contribution in [0.25, 0.3) is 11.3 Å². The first kappa shape index (κ1) is 14.1. The summed E-state index contributed by atoms with van der Waals surface area (Å²) in [5.74, 6) is 0.859. The Kier molecular flexibility index (Phi) is 3.72. The van der Waals surface area contributed by atoms with Gasteiger partial charge in [-0.05, 0) is 39.0 Å². The molecule has 0 saturated heterocycles. The molecule has 19 heavy (non-hydrogen) atoms. The van der Waals surface area contributed by atoms with Crippen molar-refractivity contribution >= 4 is 15.9 Å². The molecule has 0 saturated carbocycles. The van der Waals surface area contributed by atoms with Crippen LogP contribution in [0.2, 0.25) is 0 Å². The summed E-state index contributed by atoms with van der Waals surface area (Å²) in [6.45, 7) is 6.62. The minimum atomic E-state index is 0.103. The van der Waals surface area contributed by atoms with Crippen molar-refractivity contribution in [1.29, 1.82) is 0 Å². The van der Waals surface area contributed by atoms with Crippen LogP contribution < -0.4 is 4.74 Å². The van der Waals surface area contributed by atoms with Gasteiger partial charge >= 0.3 is 0 Å². The smallest absolute Gasteiger partial charge is 0.132 e. The summed E-state index contributed by atoms with van der Waals surface area (Å²) in [6, 6.07) is 6.32. The Hall–Kier alpha value is -1.29. The lowest BCUT2D eigenvalue weighted by atomic mass is 9.85. The first-order valence-electron chi connectivity index (χ1n) is 6.20. The number of hydrogen-bond donors (Lipinski definition) is 0. The van der Waals surface area contributed by atoms with Gasteiger partial charge in [-0.25, -0.2) is 4.98 Å². The topological polar surface area (TPSA) is 27.1 Å². The summed E-state index contributed by atoms with van der Waals surface area (Å²) in [5.41, 5.74) is 3.47. The third-order valence-electron chi connectivity index (χ3n) is 3.21. The molecule has 1 aromatic carbocycles. The molecule has 0 unspecified atom stereocenters. The molecule has 0 aliphatic heterocycles. The first-order chi connectivity index (χ1) is 8.84. The van der Waals surface area contributed by atoms with Gasteiger partial charge in [0.15, 0.2) is 0 Å². The maximum Gasteiger partial charge on any atom is 0.132 e. The molecule has 0 spiro atoms. The van der Waals surface area contributed by atoms with E-state index in [1.54, 1.807) is 13.4 Å². The van der Waals surface area contributed by atoms with E-state index in [2.05, 4.69) is 53.8 Å². The van der Waals surface area contributed by atoms with Crippen LogP contribution >= 0.6 is 15.9 Å². The van der Waals surface area contributed by atoms with Gasteiger partial charge in [-0.2, -0.15) is 0 Å². The lowest BCUT2D eigenvalue weighted by Gasteiger charge is -2.21. The molecule has 102 valence electrons. The molecule has 1 aromatic heterocycles. The SMILES string of the molecule is COc1ccc(C(C)(C)C)cc1-c1c(Br)ncn1C. The van der Waals surface area contributed by atoms with Gasteiger partial charge in [-0.1, -0.05) is 26.8 Å². The fraction of sp³-hybridized carbons (Fsp3) is 0.400. The van der Waals surface area contributed by atoms with Crippen molar-refractivity contribution in [2.24, 2.45) is 7.05 Å². The van der Waals surface area contributed by atoms with E-state index < -0.39 is 0 Å². The van der Waals surface area contributed by atoms with Crippen LogP contribution in [0, 0.1) is 0 Å². The maximum atomic E-state index is 5.48. The van der Waals surface area contributed by atoms with Crippen LogP contribution in [-0.2, 0) is 12.5 Å². The Bertz CT molecular complexity index is 577. The molecule has 2 rings (SSSR count). The molecular formula is C15H19BrN2O. The predicted molar refractivity (Wildman–Crippen MR) is 81.6 cm³/mol. The third-order valence-corrected chi connectivity index (χ3v) is 3.79. The number of hydrogen-bond acceptors (Lipinski definition) is 2. The number of nitrogens with zero attached hydrogens (tertiary/aromatic N) is 2. The maximum absolute atomic E-state index is 5.48. The molecule has 0 radical (unpaired) electrons. The number of aryl methyl sites for hydroxylation is 1. The Labute approximate surface area is 122 Å². The Morgan fingerprint density at radius 1 is 1.26 bits per heavy atom. The average molecular weight is 323 g/mol. The van der Waals surface area contributed by atoms with Crippen molar-refractivity contribution in [3.63, 3.8) is 0 Å². The van der Waals surface area contributed by atoms with E-state index in [-0.39, 0.29) is 5.41 Å². The predicted octanol–water partition coefficient (Wildman–Crippen LogP) is 4.16. The largest absolute Gasteiger partial charge is 0.496 e. The summed E-state index contributed by atoms with van der Waals surface area (Å²) in [6.07, 6.45) is 1.79. The highest BCUT2D eigenvalue weighted by Gasteiger charge is 2.19. The van der Waals surface area contributed by atoms with Gasteiger partial charge in [0.1, 0.15) is 10.4 Å². The molecule has 0 amide bonds. The summed E-state index contributed by atoms with van der Waals surface area (Å²) in [4.78, 5) is 4.28. The quantitative estimate of drug-likeness (QED) is 0.830. The standard InChI is InChI=1S/C15H19BrN2O/c1-15(2,3)10-6-7-12(19-5)11(8-10)13-14(16)17-9-18(13)4/h6-9H,1-5H3. The molecule has 2 aromatic rings. The van der Waals surface area contributed by atoms with Crippen LogP contribution in [0.15, 0.2) is 29.1 Å². The van der Waals surface area contributed by atoms with Crippen molar-refractivity contribution in [1.82, 2.24) is 9.55 Å². The van der Waals surface area contributed by atoms with Gasteiger partial charge in [0, 0.05) is 12.6 Å². The second-order valence-electron chi connectivity index (χ2n) is 5.66. The van der Waals surface area contributed by atoms with Crippen molar-refractivity contribution < 1.29 is 4.74 Å². The van der Waals surface area contributed by atoms with Crippen molar-refractivity contribution in [3.05, 3.63) is 34.7 Å². The van der Waals surface area contributed by atoms with E-state index in [1.807, 2.05) is 17.7 Å². The van der Waals surface area contributed by atoms with E-state index in [1.165, 1.54) is 5.56 Å². The fourth-order valence-corrected chi connectivity index (χ4v) is 2.65. The minimum absolute atomic E-state index is 0.103. The number of halogens is 1. The summed E-state index contributed by atoms with van der Waals surface area (Å²) in [5, 5.41) is 0. The Balaban J connectivity index is 2.67. The van der Waals surface area contributed by atoms with E-state index in [0.29, 0.717) is 0 Å². The average Bonchev–Trinajstić information content (AvgIpc) is 2.67.